The highest BCUT2D eigenvalue weighted by Gasteiger charge is 2.26. The number of fused-ring (bicyclic) bond motifs is 1. The summed E-state index contributed by atoms with van der Waals surface area (Å²) < 4.78 is 0. The van der Waals surface area contributed by atoms with E-state index in [4.69, 9.17) is 0 Å². The molecule has 5 nitrogen and oxygen atoms in total. The summed E-state index contributed by atoms with van der Waals surface area (Å²) in [7, 11) is 0. The second-order valence-electron chi connectivity index (χ2n) is 4.65. The number of allylic oxidation sites excluding steroid dienone is 3. The predicted octanol–water partition coefficient (Wildman–Crippen LogP) is 0.857. The van der Waals surface area contributed by atoms with Crippen LogP contribution in [0.4, 0.5) is 0 Å². The van der Waals surface area contributed by atoms with E-state index in [-0.39, 0.29) is 36.6 Å². The minimum Gasteiger partial charge on any atom is -0.314 e. The van der Waals surface area contributed by atoms with Crippen LogP contribution < -0.4 is 5.32 Å². The summed E-state index contributed by atoms with van der Waals surface area (Å²) in [6.07, 6.45) is 7.54. The van der Waals surface area contributed by atoms with Crippen LogP contribution in [0.5, 0.6) is 0 Å². The Morgan fingerprint density at radius 2 is 1.95 bits per heavy atom. The summed E-state index contributed by atoms with van der Waals surface area (Å²) in [5.74, 6) is 0.292. The van der Waals surface area contributed by atoms with Gasteiger partial charge in [-0.05, 0) is 6.08 Å². The lowest BCUT2D eigenvalue weighted by atomic mass is 9.96. The van der Waals surface area contributed by atoms with Crippen LogP contribution in [0.3, 0.4) is 0 Å². The SMILES string of the molecule is Cl.Cl.O=C1N=C(CN2CCNCC2)N=C2C=CC=CC12. The van der Waals surface area contributed by atoms with Crippen molar-refractivity contribution in [3.05, 3.63) is 24.3 Å². The molecule has 3 rings (SSSR count). The van der Waals surface area contributed by atoms with E-state index in [9.17, 15) is 4.79 Å². The molecule has 1 N–H and O–H groups in total. The Labute approximate surface area is 130 Å². The van der Waals surface area contributed by atoms with Gasteiger partial charge >= 0.3 is 0 Å². The van der Waals surface area contributed by atoms with Crippen molar-refractivity contribution in [1.29, 1.82) is 0 Å². The summed E-state index contributed by atoms with van der Waals surface area (Å²) in [5, 5.41) is 3.30. The zero-order chi connectivity index (χ0) is 12.4. The molecule has 110 valence electrons. The van der Waals surface area contributed by atoms with Crippen LogP contribution in [-0.2, 0) is 4.79 Å². The van der Waals surface area contributed by atoms with E-state index in [0.29, 0.717) is 12.4 Å². The molecule has 1 saturated heterocycles. The lowest BCUT2D eigenvalue weighted by Gasteiger charge is -2.27. The summed E-state index contributed by atoms with van der Waals surface area (Å²) in [4.78, 5) is 22.8. The number of piperazine rings is 1. The fourth-order valence-corrected chi connectivity index (χ4v) is 2.36. The van der Waals surface area contributed by atoms with Gasteiger partial charge in [-0.3, -0.25) is 9.69 Å². The number of hydrogen-bond acceptors (Lipinski definition) is 4. The average Bonchev–Trinajstić information content (AvgIpc) is 2.40. The molecule has 1 fully saturated rings. The van der Waals surface area contributed by atoms with E-state index in [0.717, 1.165) is 31.9 Å². The third-order valence-electron chi connectivity index (χ3n) is 3.34. The van der Waals surface area contributed by atoms with Gasteiger partial charge in [0.25, 0.3) is 5.91 Å². The molecule has 2 heterocycles. The highest BCUT2D eigenvalue weighted by molar-refractivity contribution is 6.21. The van der Waals surface area contributed by atoms with E-state index in [2.05, 4.69) is 20.2 Å². The van der Waals surface area contributed by atoms with Crippen molar-refractivity contribution in [3.8, 4) is 0 Å². The Balaban J connectivity index is 0.000001000. The van der Waals surface area contributed by atoms with Gasteiger partial charge in [0.2, 0.25) is 0 Å². The topological polar surface area (TPSA) is 57.1 Å². The van der Waals surface area contributed by atoms with Crippen molar-refractivity contribution < 1.29 is 4.79 Å². The van der Waals surface area contributed by atoms with Gasteiger partial charge in [-0.2, -0.15) is 4.99 Å². The molecule has 2 aliphatic heterocycles. The molecule has 1 aliphatic carbocycles. The van der Waals surface area contributed by atoms with Crippen molar-refractivity contribution in [3.63, 3.8) is 0 Å². The monoisotopic (exact) mass is 316 g/mol. The van der Waals surface area contributed by atoms with E-state index in [1.165, 1.54) is 0 Å². The molecule has 0 aromatic rings. The van der Waals surface area contributed by atoms with Crippen molar-refractivity contribution >= 4 is 42.3 Å². The standard InChI is InChI=1S/C13H16N4O.2ClH/c18-13-10-3-1-2-4-11(10)15-12(16-13)9-17-7-5-14-6-8-17;;/h1-4,10,14H,5-9H2;2*1H. The van der Waals surface area contributed by atoms with Crippen molar-refractivity contribution in [2.24, 2.45) is 15.9 Å². The third-order valence-corrected chi connectivity index (χ3v) is 3.34. The maximum atomic E-state index is 11.9. The average molecular weight is 317 g/mol. The Hall–Kier alpha value is -1.01. The third kappa shape index (κ3) is 3.76. The molecule has 0 aromatic heterocycles. The summed E-state index contributed by atoms with van der Waals surface area (Å²) in [5.41, 5.74) is 0.822. The number of nitrogens with one attached hydrogen (secondary N) is 1. The number of halogens is 2. The minimum atomic E-state index is -0.262. The zero-order valence-corrected chi connectivity index (χ0v) is 12.6. The molecule has 3 aliphatic rings. The molecule has 0 spiro atoms. The smallest absolute Gasteiger partial charge is 0.260 e. The lowest BCUT2D eigenvalue weighted by molar-refractivity contribution is -0.118. The highest BCUT2D eigenvalue weighted by atomic mass is 35.5. The van der Waals surface area contributed by atoms with Crippen LogP contribution in [0.15, 0.2) is 34.3 Å². The highest BCUT2D eigenvalue weighted by Crippen LogP contribution is 2.16. The maximum absolute atomic E-state index is 11.9. The molecule has 7 heteroatoms. The maximum Gasteiger partial charge on any atom is 0.260 e. The lowest BCUT2D eigenvalue weighted by Crippen LogP contribution is -2.46. The van der Waals surface area contributed by atoms with Gasteiger partial charge in [0.15, 0.2) is 0 Å². The largest absolute Gasteiger partial charge is 0.314 e. The number of carbonyl (C=O) groups excluding carboxylic acids is 1. The number of amides is 1. The fourth-order valence-electron chi connectivity index (χ4n) is 2.36. The number of carbonyl (C=O) groups is 1. The molecule has 0 aromatic carbocycles. The number of hydrogen-bond donors (Lipinski definition) is 1. The van der Waals surface area contributed by atoms with Gasteiger partial charge in [0.05, 0.1) is 12.3 Å². The first-order valence-electron chi connectivity index (χ1n) is 6.31. The summed E-state index contributed by atoms with van der Waals surface area (Å²) in [6.45, 7) is 4.61. The van der Waals surface area contributed by atoms with Crippen molar-refractivity contribution in [1.82, 2.24) is 10.2 Å². The molecular formula is C13H18Cl2N4O. The fraction of sp³-hybridized carbons (Fsp3) is 0.462. The zero-order valence-electron chi connectivity index (χ0n) is 11.0. The van der Waals surface area contributed by atoms with E-state index >= 15 is 0 Å². The van der Waals surface area contributed by atoms with E-state index in [1.807, 2.05) is 24.3 Å². The first-order chi connectivity index (χ1) is 8.83. The van der Waals surface area contributed by atoms with Gasteiger partial charge < -0.3 is 5.32 Å². The molecule has 1 amide bonds. The quantitative estimate of drug-likeness (QED) is 0.822. The Kier molecular flexibility index (Phi) is 6.55. The van der Waals surface area contributed by atoms with Crippen molar-refractivity contribution in [2.45, 2.75) is 0 Å². The Morgan fingerprint density at radius 1 is 1.20 bits per heavy atom. The van der Waals surface area contributed by atoms with Gasteiger partial charge in [0.1, 0.15) is 11.8 Å². The van der Waals surface area contributed by atoms with Gasteiger partial charge in [-0.1, -0.05) is 18.2 Å². The predicted molar refractivity (Wildman–Crippen MR) is 85.5 cm³/mol. The van der Waals surface area contributed by atoms with Crippen LogP contribution in [0.2, 0.25) is 0 Å². The minimum absolute atomic E-state index is 0. The Bertz CT molecular complexity index is 479. The van der Waals surface area contributed by atoms with Crippen LogP contribution >= 0.6 is 24.8 Å². The molecule has 1 atom stereocenters. The van der Waals surface area contributed by atoms with Gasteiger partial charge in [0, 0.05) is 26.2 Å². The van der Waals surface area contributed by atoms with E-state index in [1.54, 1.807) is 0 Å². The molecular weight excluding hydrogens is 299 g/mol. The van der Waals surface area contributed by atoms with Crippen LogP contribution in [0.25, 0.3) is 0 Å². The van der Waals surface area contributed by atoms with Crippen LogP contribution in [0, 0.1) is 5.92 Å². The number of rotatable bonds is 2. The second-order valence-corrected chi connectivity index (χ2v) is 4.65. The second kappa shape index (κ2) is 7.69. The Morgan fingerprint density at radius 3 is 2.70 bits per heavy atom. The molecule has 20 heavy (non-hydrogen) atoms. The van der Waals surface area contributed by atoms with Gasteiger partial charge in [-0.25, -0.2) is 4.99 Å². The first-order valence-corrected chi connectivity index (χ1v) is 6.31. The molecule has 1 unspecified atom stereocenters. The molecule has 0 bridgehead atoms. The van der Waals surface area contributed by atoms with Gasteiger partial charge in [-0.15, -0.1) is 24.8 Å². The van der Waals surface area contributed by atoms with E-state index < -0.39 is 0 Å². The number of nitrogens with zero attached hydrogens (tertiary/aromatic N) is 3. The van der Waals surface area contributed by atoms with Crippen LogP contribution in [-0.4, -0.2) is 55.1 Å². The molecule has 0 radical (unpaired) electrons. The summed E-state index contributed by atoms with van der Waals surface area (Å²) in [6, 6.07) is 0. The van der Waals surface area contributed by atoms with Crippen molar-refractivity contribution in [2.75, 3.05) is 32.7 Å². The number of amidine groups is 1. The number of aliphatic imine (C=N–C) groups is 2. The van der Waals surface area contributed by atoms with Crippen LogP contribution in [0.1, 0.15) is 0 Å². The normalized spacial score (nSPS) is 25.0. The molecule has 0 saturated carbocycles. The first kappa shape index (κ1) is 17.0. The summed E-state index contributed by atoms with van der Waals surface area (Å²) >= 11 is 0.